The van der Waals surface area contributed by atoms with Crippen LogP contribution >= 0.6 is 27.5 Å². The number of hydrogen-bond acceptors (Lipinski definition) is 2. The van der Waals surface area contributed by atoms with Gasteiger partial charge in [0.1, 0.15) is 0 Å². The van der Waals surface area contributed by atoms with Crippen molar-refractivity contribution >= 4 is 33.5 Å². The van der Waals surface area contributed by atoms with Gasteiger partial charge in [-0.05, 0) is 47.0 Å². The van der Waals surface area contributed by atoms with E-state index >= 15 is 0 Å². The lowest BCUT2D eigenvalue weighted by Crippen LogP contribution is -2.17. The SMILES string of the molecule is Clc1cc(-n2ccnc2NC2CCCC2)ccc1Br. The van der Waals surface area contributed by atoms with Gasteiger partial charge < -0.3 is 5.32 Å². The minimum Gasteiger partial charge on any atom is -0.353 e. The van der Waals surface area contributed by atoms with Gasteiger partial charge in [0.2, 0.25) is 5.95 Å². The summed E-state index contributed by atoms with van der Waals surface area (Å²) < 4.78 is 2.94. The smallest absolute Gasteiger partial charge is 0.207 e. The zero-order valence-electron chi connectivity index (χ0n) is 10.4. The molecule has 1 saturated carbocycles. The average molecular weight is 341 g/mol. The third-order valence-electron chi connectivity index (χ3n) is 3.51. The molecule has 0 saturated heterocycles. The Morgan fingerprint density at radius 2 is 2.11 bits per heavy atom. The normalized spacial score (nSPS) is 15.9. The monoisotopic (exact) mass is 339 g/mol. The molecule has 1 fully saturated rings. The molecule has 19 heavy (non-hydrogen) atoms. The molecule has 0 atom stereocenters. The zero-order valence-corrected chi connectivity index (χ0v) is 12.8. The summed E-state index contributed by atoms with van der Waals surface area (Å²) in [7, 11) is 0. The molecule has 1 aromatic heterocycles. The van der Waals surface area contributed by atoms with Crippen LogP contribution in [-0.4, -0.2) is 15.6 Å². The average Bonchev–Trinajstić information content (AvgIpc) is 3.05. The van der Waals surface area contributed by atoms with Crippen molar-refractivity contribution in [1.82, 2.24) is 9.55 Å². The molecule has 1 heterocycles. The van der Waals surface area contributed by atoms with Crippen molar-refractivity contribution in [2.45, 2.75) is 31.7 Å². The Kier molecular flexibility index (Phi) is 3.80. The number of nitrogens with one attached hydrogen (secondary N) is 1. The highest BCUT2D eigenvalue weighted by Gasteiger charge is 2.17. The van der Waals surface area contributed by atoms with Gasteiger partial charge >= 0.3 is 0 Å². The van der Waals surface area contributed by atoms with Crippen LogP contribution in [0.3, 0.4) is 0 Å². The molecular formula is C14H15BrClN3. The van der Waals surface area contributed by atoms with Crippen molar-refractivity contribution in [2.75, 3.05) is 5.32 Å². The van der Waals surface area contributed by atoms with Crippen LogP contribution < -0.4 is 5.32 Å². The molecule has 1 aromatic carbocycles. The number of rotatable bonds is 3. The van der Waals surface area contributed by atoms with Gasteiger partial charge in [-0.3, -0.25) is 4.57 Å². The maximum atomic E-state index is 6.15. The number of anilines is 1. The highest BCUT2D eigenvalue weighted by Crippen LogP contribution is 2.27. The van der Waals surface area contributed by atoms with Gasteiger partial charge in [-0.25, -0.2) is 4.98 Å². The lowest BCUT2D eigenvalue weighted by molar-refractivity contribution is 0.740. The van der Waals surface area contributed by atoms with E-state index in [1.54, 1.807) is 0 Å². The molecule has 0 amide bonds. The first-order valence-corrected chi connectivity index (χ1v) is 7.66. The van der Waals surface area contributed by atoms with E-state index < -0.39 is 0 Å². The highest BCUT2D eigenvalue weighted by molar-refractivity contribution is 9.10. The van der Waals surface area contributed by atoms with E-state index in [2.05, 4.69) is 26.2 Å². The summed E-state index contributed by atoms with van der Waals surface area (Å²) in [6, 6.07) is 6.47. The Morgan fingerprint density at radius 1 is 1.32 bits per heavy atom. The first-order chi connectivity index (χ1) is 9.24. The summed E-state index contributed by atoms with van der Waals surface area (Å²) in [5, 5.41) is 4.23. The van der Waals surface area contributed by atoms with Crippen LogP contribution in [0.1, 0.15) is 25.7 Å². The summed E-state index contributed by atoms with van der Waals surface area (Å²) in [6.07, 6.45) is 8.84. The molecule has 3 rings (SSSR count). The van der Waals surface area contributed by atoms with Crippen molar-refractivity contribution in [3.05, 3.63) is 40.1 Å². The van der Waals surface area contributed by atoms with Crippen LogP contribution in [-0.2, 0) is 0 Å². The lowest BCUT2D eigenvalue weighted by Gasteiger charge is -2.15. The minimum absolute atomic E-state index is 0.548. The van der Waals surface area contributed by atoms with Crippen LogP contribution in [0.4, 0.5) is 5.95 Å². The molecule has 0 aliphatic heterocycles. The Morgan fingerprint density at radius 3 is 2.84 bits per heavy atom. The lowest BCUT2D eigenvalue weighted by atomic mass is 10.2. The Labute approximate surface area is 126 Å². The fraction of sp³-hybridized carbons (Fsp3) is 0.357. The Bertz CT molecular complexity index is 576. The van der Waals surface area contributed by atoms with Crippen molar-refractivity contribution in [2.24, 2.45) is 0 Å². The Hall–Kier alpha value is -1.00. The maximum Gasteiger partial charge on any atom is 0.207 e. The first kappa shape index (κ1) is 13.0. The van der Waals surface area contributed by atoms with E-state index in [4.69, 9.17) is 11.6 Å². The van der Waals surface area contributed by atoms with E-state index in [1.165, 1.54) is 25.7 Å². The molecule has 5 heteroatoms. The molecule has 0 unspecified atom stereocenters. The summed E-state index contributed by atoms with van der Waals surface area (Å²) in [4.78, 5) is 4.41. The second kappa shape index (κ2) is 5.55. The fourth-order valence-corrected chi connectivity index (χ4v) is 2.93. The molecular weight excluding hydrogens is 326 g/mol. The molecule has 1 aliphatic rings. The number of halogens is 2. The van der Waals surface area contributed by atoms with Gasteiger partial charge in [0.15, 0.2) is 0 Å². The number of benzene rings is 1. The van der Waals surface area contributed by atoms with Gasteiger partial charge in [0, 0.05) is 22.9 Å². The third-order valence-corrected chi connectivity index (χ3v) is 4.74. The highest BCUT2D eigenvalue weighted by atomic mass is 79.9. The summed E-state index contributed by atoms with van der Waals surface area (Å²) in [6.45, 7) is 0. The van der Waals surface area contributed by atoms with E-state index in [1.807, 2.05) is 35.2 Å². The number of hydrogen-bond donors (Lipinski definition) is 1. The fourth-order valence-electron chi connectivity index (χ4n) is 2.51. The third kappa shape index (κ3) is 2.79. The van der Waals surface area contributed by atoms with Gasteiger partial charge in [-0.2, -0.15) is 0 Å². The minimum atomic E-state index is 0.548. The van der Waals surface area contributed by atoms with Crippen molar-refractivity contribution in [1.29, 1.82) is 0 Å². The molecule has 0 bridgehead atoms. The molecule has 0 radical (unpaired) electrons. The second-order valence-corrected chi connectivity index (χ2v) is 6.11. The van der Waals surface area contributed by atoms with E-state index in [9.17, 15) is 0 Å². The topological polar surface area (TPSA) is 29.9 Å². The van der Waals surface area contributed by atoms with Crippen LogP contribution in [0.25, 0.3) is 5.69 Å². The van der Waals surface area contributed by atoms with Crippen LogP contribution in [0.2, 0.25) is 5.02 Å². The first-order valence-electron chi connectivity index (χ1n) is 6.49. The van der Waals surface area contributed by atoms with Crippen LogP contribution in [0.15, 0.2) is 35.1 Å². The summed E-state index contributed by atoms with van der Waals surface area (Å²) in [5.41, 5.74) is 1.02. The molecule has 2 aromatic rings. The molecule has 1 aliphatic carbocycles. The molecule has 1 N–H and O–H groups in total. The summed E-state index contributed by atoms with van der Waals surface area (Å²) in [5.74, 6) is 0.894. The van der Waals surface area contributed by atoms with Gasteiger partial charge in [0.25, 0.3) is 0 Å². The number of nitrogens with zero attached hydrogens (tertiary/aromatic N) is 2. The molecule has 0 spiro atoms. The van der Waals surface area contributed by atoms with Crippen LogP contribution in [0.5, 0.6) is 0 Å². The number of aromatic nitrogens is 2. The summed E-state index contributed by atoms with van der Waals surface area (Å²) >= 11 is 9.56. The van der Waals surface area contributed by atoms with E-state index in [0.717, 1.165) is 16.1 Å². The molecule has 3 nitrogen and oxygen atoms in total. The van der Waals surface area contributed by atoms with Crippen molar-refractivity contribution < 1.29 is 0 Å². The maximum absolute atomic E-state index is 6.15. The second-order valence-electron chi connectivity index (χ2n) is 4.84. The van der Waals surface area contributed by atoms with Gasteiger partial charge in [0.05, 0.1) is 10.7 Å². The van der Waals surface area contributed by atoms with Crippen molar-refractivity contribution in [3.8, 4) is 5.69 Å². The predicted octanol–water partition coefficient (Wildman–Crippen LogP) is 4.64. The van der Waals surface area contributed by atoms with E-state index in [0.29, 0.717) is 11.1 Å². The number of imidazole rings is 1. The molecule has 100 valence electrons. The standard InChI is InChI=1S/C14H15BrClN3/c15-12-6-5-11(9-13(12)16)19-8-7-17-14(19)18-10-3-1-2-4-10/h5-10H,1-4H2,(H,17,18). The van der Waals surface area contributed by atoms with Gasteiger partial charge in [-0.15, -0.1) is 0 Å². The quantitative estimate of drug-likeness (QED) is 0.882. The Balaban J connectivity index is 1.87. The zero-order chi connectivity index (χ0) is 13.2. The largest absolute Gasteiger partial charge is 0.353 e. The van der Waals surface area contributed by atoms with Gasteiger partial charge in [-0.1, -0.05) is 24.4 Å². The van der Waals surface area contributed by atoms with E-state index in [-0.39, 0.29) is 0 Å². The van der Waals surface area contributed by atoms with Crippen molar-refractivity contribution in [3.63, 3.8) is 0 Å². The van der Waals surface area contributed by atoms with Crippen LogP contribution in [0, 0.1) is 0 Å². The predicted molar refractivity (Wildman–Crippen MR) is 82.2 cm³/mol.